The number of thioether (sulfide) groups is 1. The molecule has 1 atom stereocenters. The summed E-state index contributed by atoms with van der Waals surface area (Å²) in [6, 6.07) is 5.78. The van der Waals surface area contributed by atoms with Crippen molar-refractivity contribution in [1.82, 2.24) is 9.88 Å². The molecule has 27 heavy (non-hydrogen) atoms. The van der Waals surface area contributed by atoms with Gasteiger partial charge in [-0.25, -0.2) is 4.98 Å². The predicted molar refractivity (Wildman–Crippen MR) is 109 cm³/mol. The van der Waals surface area contributed by atoms with Gasteiger partial charge in [-0.1, -0.05) is 0 Å². The molecular weight excluding hydrogens is 384 g/mol. The minimum atomic E-state index is 0.121. The molecule has 3 rings (SSSR count). The van der Waals surface area contributed by atoms with Crippen LogP contribution in [0, 0.1) is 0 Å². The van der Waals surface area contributed by atoms with Gasteiger partial charge in [-0.15, -0.1) is 23.1 Å². The zero-order valence-electron chi connectivity index (χ0n) is 15.8. The number of rotatable bonds is 7. The molecule has 1 aliphatic rings. The summed E-state index contributed by atoms with van der Waals surface area (Å²) >= 11 is 3.19. The van der Waals surface area contributed by atoms with Crippen molar-refractivity contribution in [1.29, 1.82) is 0 Å². The summed E-state index contributed by atoms with van der Waals surface area (Å²) in [6.07, 6.45) is 0.121. The molecular formula is C19H24N2O4S2. The molecule has 0 aliphatic carbocycles. The largest absolute Gasteiger partial charge is 0.493 e. The van der Waals surface area contributed by atoms with E-state index in [-0.39, 0.29) is 12.0 Å². The fourth-order valence-corrected chi connectivity index (χ4v) is 4.59. The van der Waals surface area contributed by atoms with Crippen molar-refractivity contribution in [3.8, 4) is 22.1 Å². The number of carbonyl (C=O) groups excluding carboxylic acids is 1. The van der Waals surface area contributed by atoms with Crippen molar-refractivity contribution >= 4 is 29.0 Å². The van der Waals surface area contributed by atoms with Gasteiger partial charge in [-0.2, -0.15) is 0 Å². The minimum absolute atomic E-state index is 0.121. The van der Waals surface area contributed by atoms with Crippen molar-refractivity contribution in [2.24, 2.45) is 0 Å². The van der Waals surface area contributed by atoms with Crippen LogP contribution in [0.5, 0.6) is 11.5 Å². The molecule has 1 aromatic carbocycles. The number of nitrogens with zero attached hydrogens (tertiary/aromatic N) is 2. The number of benzene rings is 1. The fourth-order valence-electron chi connectivity index (χ4n) is 2.85. The molecule has 2 aromatic rings. The van der Waals surface area contributed by atoms with Crippen LogP contribution in [0.25, 0.3) is 10.6 Å². The molecule has 1 saturated heterocycles. The first kappa shape index (κ1) is 20.0. The number of thiazole rings is 1. The number of hydrogen-bond donors (Lipinski definition) is 0. The first-order valence-electron chi connectivity index (χ1n) is 8.74. The Bertz CT molecular complexity index is 781. The Morgan fingerprint density at radius 1 is 1.37 bits per heavy atom. The second kappa shape index (κ2) is 9.43. The molecule has 0 spiro atoms. The second-order valence-electron chi connectivity index (χ2n) is 6.23. The normalized spacial score (nSPS) is 17.0. The summed E-state index contributed by atoms with van der Waals surface area (Å²) in [5.74, 6) is 2.74. The number of carbonyl (C=O) groups is 1. The SMILES string of the molecule is COc1ccc(-c2nc(CSCC(=O)N3CCOC(C)C3)cs2)cc1OC. The lowest BCUT2D eigenvalue weighted by Gasteiger charge is -2.31. The van der Waals surface area contributed by atoms with E-state index in [1.165, 1.54) is 0 Å². The number of methoxy groups -OCH3 is 2. The Balaban J connectivity index is 1.54. The maximum Gasteiger partial charge on any atom is 0.232 e. The van der Waals surface area contributed by atoms with Crippen LogP contribution in [0.4, 0.5) is 0 Å². The number of morpholine rings is 1. The van der Waals surface area contributed by atoms with E-state index in [0.29, 0.717) is 36.9 Å². The molecule has 1 aromatic heterocycles. The molecule has 0 radical (unpaired) electrons. The molecule has 2 heterocycles. The van der Waals surface area contributed by atoms with Gasteiger partial charge < -0.3 is 19.1 Å². The van der Waals surface area contributed by atoms with E-state index in [0.717, 1.165) is 22.0 Å². The summed E-state index contributed by atoms with van der Waals surface area (Å²) in [7, 11) is 3.24. The Hall–Kier alpha value is -1.77. The third kappa shape index (κ3) is 5.15. The van der Waals surface area contributed by atoms with Gasteiger partial charge in [0.1, 0.15) is 5.01 Å². The van der Waals surface area contributed by atoms with Crippen LogP contribution in [0.2, 0.25) is 0 Å². The first-order valence-corrected chi connectivity index (χ1v) is 10.8. The zero-order chi connectivity index (χ0) is 19.2. The molecule has 0 saturated carbocycles. The summed E-state index contributed by atoms with van der Waals surface area (Å²) < 4.78 is 16.1. The van der Waals surface area contributed by atoms with Crippen molar-refractivity contribution in [3.63, 3.8) is 0 Å². The van der Waals surface area contributed by atoms with Gasteiger partial charge in [0.05, 0.1) is 38.4 Å². The smallest absolute Gasteiger partial charge is 0.232 e. The molecule has 1 fully saturated rings. The third-order valence-corrected chi connectivity index (χ3v) is 6.14. The van der Waals surface area contributed by atoms with E-state index in [2.05, 4.69) is 4.98 Å². The van der Waals surface area contributed by atoms with Crippen molar-refractivity contribution in [3.05, 3.63) is 29.3 Å². The van der Waals surface area contributed by atoms with E-state index in [1.807, 2.05) is 35.4 Å². The van der Waals surface area contributed by atoms with Crippen LogP contribution < -0.4 is 9.47 Å². The van der Waals surface area contributed by atoms with E-state index in [9.17, 15) is 4.79 Å². The Morgan fingerprint density at radius 3 is 2.93 bits per heavy atom. The Labute approximate surface area is 167 Å². The number of hydrogen-bond acceptors (Lipinski definition) is 7. The van der Waals surface area contributed by atoms with Crippen molar-refractivity contribution < 1.29 is 19.0 Å². The number of ether oxygens (including phenoxy) is 3. The highest BCUT2D eigenvalue weighted by atomic mass is 32.2. The van der Waals surface area contributed by atoms with Gasteiger partial charge in [0, 0.05) is 29.8 Å². The highest BCUT2D eigenvalue weighted by molar-refractivity contribution is 7.99. The Morgan fingerprint density at radius 2 is 2.19 bits per heavy atom. The predicted octanol–water partition coefficient (Wildman–Crippen LogP) is 3.31. The number of aromatic nitrogens is 1. The van der Waals surface area contributed by atoms with Crippen LogP contribution in [-0.4, -0.2) is 61.6 Å². The molecule has 1 aliphatic heterocycles. The standard InChI is InChI=1S/C19H24N2O4S2/c1-13-9-21(6-7-25-13)18(22)12-26-10-15-11-27-19(20-15)14-4-5-16(23-2)17(8-14)24-3/h4-5,8,11,13H,6-7,9-10,12H2,1-3H3. The van der Waals surface area contributed by atoms with Gasteiger partial charge in [0.15, 0.2) is 11.5 Å². The van der Waals surface area contributed by atoms with Gasteiger partial charge in [0.2, 0.25) is 5.91 Å². The molecule has 0 bridgehead atoms. The summed E-state index contributed by atoms with van der Waals surface area (Å²) in [4.78, 5) is 18.9. The zero-order valence-corrected chi connectivity index (χ0v) is 17.4. The van der Waals surface area contributed by atoms with Crippen LogP contribution in [0.1, 0.15) is 12.6 Å². The lowest BCUT2D eigenvalue weighted by Crippen LogP contribution is -2.45. The van der Waals surface area contributed by atoms with E-state index in [4.69, 9.17) is 14.2 Å². The Kier molecular flexibility index (Phi) is 6.98. The monoisotopic (exact) mass is 408 g/mol. The quantitative estimate of drug-likeness (QED) is 0.701. The first-order chi connectivity index (χ1) is 13.1. The molecule has 8 heteroatoms. The second-order valence-corrected chi connectivity index (χ2v) is 8.07. The topological polar surface area (TPSA) is 60.9 Å². The van der Waals surface area contributed by atoms with Crippen LogP contribution >= 0.6 is 23.1 Å². The third-order valence-electron chi connectivity index (χ3n) is 4.25. The number of amides is 1. The highest BCUT2D eigenvalue weighted by Gasteiger charge is 2.21. The molecule has 6 nitrogen and oxygen atoms in total. The lowest BCUT2D eigenvalue weighted by atomic mass is 10.2. The van der Waals surface area contributed by atoms with Gasteiger partial charge in [0.25, 0.3) is 0 Å². The van der Waals surface area contributed by atoms with Crippen LogP contribution in [0.15, 0.2) is 23.6 Å². The fraction of sp³-hybridized carbons (Fsp3) is 0.474. The maximum absolute atomic E-state index is 12.3. The van der Waals surface area contributed by atoms with Gasteiger partial charge in [-0.05, 0) is 25.1 Å². The average molecular weight is 409 g/mol. The van der Waals surface area contributed by atoms with E-state index < -0.39 is 0 Å². The maximum atomic E-state index is 12.3. The molecule has 1 amide bonds. The van der Waals surface area contributed by atoms with E-state index >= 15 is 0 Å². The van der Waals surface area contributed by atoms with E-state index in [1.54, 1.807) is 37.3 Å². The van der Waals surface area contributed by atoms with Crippen LogP contribution in [-0.2, 0) is 15.3 Å². The highest BCUT2D eigenvalue weighted by Crippen LogP contribution is 2.33. The molecule has 1 unspecified atom stereocenters. The minimum Gasteiger partial charge on any atom is -0.493 e. The summed E-state index contributed by atoms with van der Waals surface area (Å²) in [6.45, 7) is 3.99. The molecule has 0 N–H and O–H groups in total. The van der Waals surface area contributed by atoms with Crippen molar-refractivity contribution in [2.45, 2.75) is 18.8 Å². The molecule has 146 valence electrons. The summed E-state index contributed by atoms with van der Waals surface area (Å²) in [5, 5.41) is 2.97. The lowest BCUT2D eigenvalue weighted by molar-refractivity contribution is -0.135. The average Bonchev–Trinajstić information content (AvgIpc) is 3.16. The van der Waals surface area contributed by atoms with Crippen LogP contribution in [0.3, 0.4) is 0 Å². The summed E-state index contributed by atoms with van der Waals surface area (Å²) in [5.41, 5.74) is 1.98. The van der Waals surface area contributed by atoms with Crippen molar-refractivity contribution in [2.75, 3.05) is 39.7 Å². The van der Waals surface area contributed by atoms with Gasteiger partial charge >= 0.3 is 0 Å². The van der Waals surface area contributed by atoms with Gasteiger partial charge in [-0.3, -0.25) is 4.79 Å².